The van der Waals surface area contributed by atoms with Gasteiger partial charge in [0.05, 0.1) is 13.2 Å². The second-order valence-electron chi connectivity index (χ2n) is 3.80. The Hall–Kier alpha value is -0.920. The second kappa shape index (κ2) is 9.94. The van der Waals surface area contributed by atoms with Crippen LogP contribution in [0.1, 0.15) is 13.3 Å². The van der Waals surface area contributed by atoms with Crippen LogP contribution >= 0.6 is 15.9 Å². The highest BCUT2D eigenvalue weighted by Gasteiger charge is 2.06. The Morgan fingerprint density at radius 3 is 2.58 bits per heavy atom. The molecule has 0 fully saturated rings. The molecule has 0 saturated carbocycles. The molecule has 0 aromatic carbocycles. The van der Waals surface area contributed by atoms with E-state index in [1.807, 2.05) is 6.92 Å². The van der Waals surface area contributed by atoms with Crippen molar-refractivity contribution in [3.05, 3.63) is 10.8 Å². The van der Waals surface area contributed by atoms with Gasteiger partial charge in [-0.05, 0) is 29.3 Å². The number of ether oxygens (including phenoxy) is 2. The Bertz CT molecular complexity index is 366. The van der Waals surface area contributed by atoms with Crippen molar-refractivity contribution in [1.29, 1.82) is 0 Å². The molecular weight excluding hydrogens is 312 g/mol. The summed E-state index contributed by atoms with van der Waals surface area (Å²) >= 11 is 3.49. The molecule has 0 aliphatic heterocycles. The third-order valence-electron chi connectivity index (χ3n) is 2.32. The smallest absolute Gasteiger partial charge is 0.145 e. The molecule has 0 bridgehead atoms. The van der Waals surface area contributed by atoms with Crippen LogP contribution in [0, 0.1) is 0 Å². The molecule has 1 aromatic rings. The molecular formula is C12H21BrN4O2. The zero-order valence-electron chi connectivity index (χ0n) is 11.4. The summed E-state index contributed by atoms with van der Waals surface area (Å²) in [6.45, 7) is 5.63. The van der Waals surface area contributed by atoms with Crippen molar-refractivity contribution < 1.29 is 9.47 Å². The van der Waals surface area contributed by atoms with Crippen LogP contribution in [0.5, 0.6) is 0 Å². The number of anilines is 2. The fraction of sp³-hybridized carbons (Fsp3) is 0.667. The molecule has 0 unspecified atom stereocenters. The lowest BCUT2D eigenvalue weighted by Gasteiger charge is -2.10. The van der Waals surface area contributed by atoms with Gasteiger partial charge in [0.25, 0.3) is 0 Å². The third-order valence-corrected chi connectivity index (χ3v) is 3.07. The van der Waals surface area contributed by atoms with Crippen molar-refractivity contribution in [3.63, 3.8) is 0 Å². The van der Waals surface area contributed by atoms with Gasteiger partial charge in [0.1, 0.15) is 22.4 Å². The van der Waals surface area contributed by atoms with Crippen LogP contribution in [0.3, 0.4) is 0 Å². The summed E-state index contributed by atoms with van der Waals surface area (Å²) in [5.41, 5.74) is 0. The van der Waals surface area contributed by atoms with Crippen LogP contribution < -0.4 is 10.6 Å². The van der Waals surface area contributed by atoms with E-state index in [1.54, 1.807) is 13.4 Å². The Morgan fingerprint density at radius 1 is 1.16 bits per heavy atom. The van der Waals surface area contributed by atoms with Crippen molar-refractivity contribution in [3.8, 4) is 0 Å². The van der Waals surface area contributed by atoms with Gasteiger partial charge in [0.15, 0.2) is 0 Å². The van der Waals surface area contributed by atoms with Crippen molar-refractivity contribution >= 4 is 27.6 Å². The maximum Gasteiger partial charge on any atom is 0.145 e. The molecule has 108 valence electrons. The lowest BCUT2D eigenvalue weighted by Crippen LogP contribution is -2.10. The highest BCUT2D eigenvalue weighted by molar-refractivity contribution is 9.10. The number of methoxy groups -OCH3 is 1. The molecule has 19 heavy (non-hydrogen) atoms. The molecule has 6 nitrogen and oxygen atoms in total. The maximum absolute atomic E-state index is 5.38. The molecule has 0 aliphatic rings. The van der Waals surface area contributed by atoms with Gasteiger partial charge in [-0.15, -0.1) is 0 Å². The first-order valence-electron chi connectivity index (χ1n) is 6.34. The number of halogens is 1. The van der Waals surface area contributed by atoms with E-state index in [0.29, 0.717) is 19.8 Å². The molecule has 1 aromatic heterocycles. The van der Waals surface area contributed by atoms with Gasteiger partial charge in [-0.2, -0.15) is 0 Å². The molecule has 0 spiro atoms. The lowest BCUT2D eigenvalue weighted by atomic mass is 10.4. The van der Waals surface area contributed by atoms with E-state index >= 15 is 0 Å². The first kappa shape index (κ1) is 16.1. The number of hydrogen-bond donors (Lipinski definition) is 2. The molecule has 0 amide bonds. The van der Waals surface area contributed by atoms with Crippen LogP contribution in [0.2, 0.25) is 0 Å². The number of nitrogens with zero attached hydrogens (tertiary/aromatic N) is 2. The largest absolute Gasteiger partial charge is 0.382 e. The van der Waals surface area contributed by atoms with E-state index in [1.165, 1.54) is 0 Å². The molecule has 0 aliphatic carbocycles. The van der Waals surface area contributed by atoms with Crippen molar-refractivity contribution in [2.45, 2.75) is 13.3 Å². The monoisotopic (exact) mass is 332 g/mol. The van der Waals surface area contributed by atoms with Crippen molar-refractivity contribution in [2.24, 2.45) is 0 Å². The standard InChI is InChI=1S/C12H21BrN4O2/c1-3-14-11-10(13)12(17-9-16-11)15-5-4-6-19-8-7-18-2/h9H,3-8H2,1-2H3,(H2,14,15,16,17). The molecule has 1 heterocycles. The topological polar surface area (TPSA) is 68.3 Å². The predicted octanol–water partition coefficient (Wildman–Crippen LogP) is 2.14. The van der Waals surface area contributed by atoms with E-state index in [9.17, 15) is 0 Å². The number of nitrogens with one attached hydrogen (secondary N) is 2. The van der Waals surface area contributed by atoms with Gasteiger partial charge in [-0.25, -0.2) is 9.97 Å². The predicted molar refractivity (Wildman–Crippen MR) is 79.7 cm³/mol. The Kier molecular flexibility index (Phi) is 8.44. The van der Waals surface area contributed by atoms with Crippen LogP contribution in [-0.4, -0.2) is 50.0 Å². The number of hydrogen-bond acceptors (Lipinski definition) is 6. The third kappa shape index (κ3) is 6.17. The number of rotatable bonds is 10. The molecule has 0 atom stereocenters. The van der Waals surface area contributed by atoms with E-state index in [0.717, 1.165) is 35.6 Å². The summed E-state index contributed by atoms with van der Waals surface area (Å²) in [5, 5.41) is 6.42. The SMILES string of the molecule is CCNc1ncnc(NCCCOCCOC)c1Br. The van der Waals surface area contributed by atoms with Gasteiger partial charge in [0, 0.05) is 26.8 Å². The van der Waals surface area contributed by atoms with E-state index < -0.39 is 0 Å². The maximum atomic E-state index is 5.38. The normalized spacial score (nSPS) is 10.5. The van der Waals surface area contributed by atoms with Gasteiger partial charge < -0.3 is 20.1 Å². The summed E-state index contributed by atoms with van der Waals surface area (Å²) in [6.07, 6.45) is 2.46. The van der Waals surface area contributed by atoms with Crippen LogP contribution in [-0.2, 0) is 9.47 Å². The highest BCUT2D eigenvalue weighted by atomic mass is 79.9. The highest BCUT2D eigenvalue weighted by Crippen LogP contribution is 2.26. The van der Waals surface area contributed by atoms with Crippen molar-refractivity contribution in [1.82, 2.24) is 9.97 Å². The van der Waals surface area contributed by atoms with E-state index in [4.69, 9.17) is 9.47 Å². The van der Waals surface area contributed by atoms with Gasteiger partial charge >= 0.3 is 0 Å². The summed E-state index contributed by atoms with van der Waals surface area (Å²) in [5.74, 6) is 1.60. The Balaban J connectivity index is 2.27. The second-order valence-corrected chi connectivity index (χ2v) is 4.59. The van der Waals surface area contributed by atoms with Gasteiger partial charge in [-0.1, -0.05) is 0 Å². The molecule has 1 rings (SSSR count). The fourth-order valence-corrected chi connectivity index (χ4v) is 1.89. The minimum Gasteiger partial charge on any atom is -0.382 e. The van der Waals surface area contributed by atoms with Gasteiger partial charge in [-0.3, -0.25) is 0 Å². The Labute approximate surface area is 122 Å². The van der Waals surface area contributed by atoms with Crippen molar-refractivity contribution in [2.75, 3.05) is 50.7 Å². The minimum absolute atomic E-state index is 0.636. The van der Waals surface area contributed by atoms with Crippen LogP contribution in [0.4, 0.5) is 11.6 Å². The summed E-state index contributed by atoms with van der Waals surface area (Å²) < 4.78 is 11.1. The lowest BCUT2D eigenvalue weighted by molar-refractivity contribution is 0.0705. The van der Waals surface area contributed by atoms with E-state index in [-0.39, 0.29) is 0 Å². The zero-order valence-corrected chi connectivity index (χ0v) is 13.0. The molecule has 0 saturated heterocycles. The summed E-state index contributed by atoms with van der Waals surface area (Å²) in [4.78, 5) is 8.36. The zero-order chi connectivity index (χ0) is 13.9. The van der Waals surface area contributed by atoms with Crippen LogP contribution in [0.25, 0.3) is 0 Å². The average Bonchev–Trinajstić information content (AvgIpc) is 2.42. The summed E-state index contributed by atoms with van der Waals surface area (Å²) in [6, 6.07) is 0. The average molecular weight is 333 g/mol. The fourth-order valence-electron chi connectivity index (χ4n) is 1.41. The quantitative estimate of drug-likeness (QED) is 0.640. The van der Waals surface area contributed by atoms with E-state index in [2.05, 4.69) is 36.5 Å². The first-order valence-corrected chi connectivity index (χ1v) is 7.13. The first-order chi connectivity index (χ1) is 9.29. The Morgan fingerprint density at radius 2 is 1.89 bits per heavy atom. The van der Waals surface area contributed by atoms with Gasteiger partial charge in [0.2, 0.25) is 0 Å². The minimum atomic E-state index is 0.636. The molecule has 2 N–H and O–H groups in total. The number of aromatic nitrogens is 2. The molecule has 7 heteroatoms. The molecule has 0 radical (unpaired) electrons. The van der Waals surface area contributed by atoms with Crippen LogP contribution in [0.15, 0.2) is 10.8 Å². The summed E-state index contributed by atoms with van der Waals surface area (Å²) in [7, 11) is 1.67.